The highest BCUT2D eigenvalue weighted by Crippen LogP contribution is 2.19. The van der Waals surface area contributed by atoms with E-state index >= 15 is 0 Å². The van der Waals surface area contributed by atoms with Gasteiger partial charge in [-0.15, -0.1) is 0 Å². The molecule has 18 heavy (non-hydrogen) atoms. The molecule has 0 saturated heterocycles. The number of hydrogen-bond acceptors (Lipinski definition) is 4. The van der Waals surface area contributed by atoms with Gasteiger partial charge in [-0.2, -0.15) is 0 Å². The molecule has 0 saturated carbocycles. The number of benzene rings is 1. The van der Waals surface area contributed by atoms with Gasteiger partial charge in [-0.05, 0) is 18.2 Å². The van der Waals surface area contributed by atoms with Crippen molar-refractivity contribution in [3.05, 3.63) is 53.2 Å². The van der Waals surface area contributed by atoms with Crippen molar-refractivity contribution in [3.63, 3.8) is 0 Å². The van der Waals surface area contributed by atoms with Crippen LogP contribution >= 0.6 is 11.6 Å². The highest BCUT2D eigenvalue weighted by Gasteiger charge is 2.14. The number of ether oxygens (including phenoxy) is 2. The van der Waals surface area contributed by atoms with Crippen molar-refractivity contribution < 1.29 is 14.3 Å². The number of nitrogens with zero attached hydrogens (tertiary/aromatic N) is 1. The number of methoxy groups -OCH3 is 1. The largest absolute Gasteiger partial charge is 0.496 e. The van der Waals surface area contributed by atoms with E-state index < -0.39 is 5.97 Å². The van der Waals surface area contributed by atoms with Gasteiger partial charge >= 0.3 is 5.97 Å². The first-order valence-corrected chi connectivity index (χ1v) is 5.55. The van der Waals surface area contributed by atoms with Crippen LogP contribution in [0.1, 0.15) is 10.4 Å². The molecule has 0 unspecified atom stereocenters. The van der Waals surface area contributed by atoms with Crippen molar-refractivity contribution >= 4 is 17.6 Å². The number of carbonyl (C=O) groups excluding carboxylic acids is 1. The van der Waals surface area contributed by atoms with Crippen molar-refractivity contribution in [2.75, 3.05) is 7.11 Å². The highest BCUT2D eigenvalue weighted by atomic mass is 35.5. The first-order valence-electron chi connectivity index (χ1n) is 5.17. The summed E-state index contributed by atoms with van der Waals surface area (Å²) in [7, 11) is 1.49. The SMILES string of the molecule is COc1ccccc1C(=O)Oc1ccc(Cl)cn1. The van der Waals surface area contributed by atoms with E-state index in [4.69, 9.17) is 21.1 Å². The molecule has 2 rings (SSSR count). The fraction of sp³-hybridized carbons (Fsp3) is 0.0769. The van der Waals surface area contributed by atoms with Gasteiger partial charge in [0.2, 0.25) is 5.88 Å². The standard InChI is InChI=1S/C13H10ClNO3/c1-17-11-5-3-2-4-10(11)13(16)18-12-7-6-9(14)8-15-12/h2-8H,1H3. The van der Waals surface area contributed by atoms with E-state index in [1.807, 2.05) is 0 Å². The lowest BCUT2D eigenvalue weighted by Crippen LogP contribution is -2.10. The second kappa shape index (κ2) is 5.51. The molecule has 0 aliphatic rings. The topological polar surface area (TPSA) is 48.4 Å². The maximum Gasteiger partial charge on any atom is 0.348 e. The molecule has 0 atom stereocenters. The molecule has 0 aliphatic heterocycles. The molecule has 5 heteroatoms. The van der Waals surface area contributed by atoms with Gasteiger partial charge in [0.25, 0.3) is 0 Å². The number of esters is 1. The van der Waals surface area contributed by atoms with E-state index in [9.17, 15) is 4.79 Å². The Labute approximate surface area is 109 Å². The van der Waals surface area contributed by atoms with E-state index in [0.717, 1.165) is 0 Å². The van der Waals surface area contributed by atoms with Crippen molar-refractivity contribution in [2.45, 2.75) is 0 Å². The molecule has 0 spiro atoms. The van der Waals surface area contributed by atoms with Crippen LogP contribution in [0.25, 0.3) is 0 Å². The number of pyridine rings is 1. The summed E-state index contributed by atoms with van der Waals surface area (Å²) < 4.78 is 10.2. The lowest BCUT2D eigenvalue weighted by atomic mass is 10.2. The Morgan fingerprint density at radius 3 is 2.67 bits per heavy atom. The van der Waals surface area contributed by atoms with E-state index in [-0.39, 0.29) is 5.88 Å². The summed E-state index contributed by atoms with van der Waals surface area (Å²) in [6, 6.07) is 9.93. The maximum atomic E-state index is 11.9. The Hall–Kier alpha value is -2.07. The van der Waals surface area contributed by atoms with Gasteiger partial charge < -0.3 is 9.47 Å². The van der Waals surface area contributed by atoms with E-state index in [2.05, 4.69) is 4.98 Å². The van der Waals surface area contributed by atoms with Gasteiger partial charge in [0.05, 0.1) is 12.1 Å². The summed E-state index contributed by atoms with van der Waals surface area (Å²) in [4.78, 5) is 15.8. The van der Waals surface area contributed by atoms with E-state index in [0.29, 0.717) is 16.3 Å². The number of para-hydroxylation sites is 1. The molecule has 4 nitrogen and oxygen atoms in total. The molecule has 0 fully saturated rings. The van der Waals surface area contributed by atoms with Gasteiger partial charge in [0.1, 0.15) is 11.3 Å². The summed E-state index contributed by atoms with van der Waals surface area (Å²) in [6.45, 7) is 0. The van der Waals surface area contributed by atoms with Crippen LogP contribution in [0, 0.1) is 0 Å². The summed E-state index contributed by atoms with van der Waals surface area (Å²) in [5.74, 6) is 0.119. The zero-order chi connectivity index (χ0) is 13.0. The first-order chi connectivity index (χ1) is 8.70. The van der Waals surface area contributed by atoms with Crippen LogP contribution in [0.5, 0.6) is 11.6 Å². The molecular weight excluding hydrogens is 254 g/mol. The van der Waals surface area contributed by atoms with Gasteiger partial charge in [-0.3, -0.25) is 0 Å². The predicted molar refractivity (Wildman–Crippen MR) is 67.2 cm³/mol. The summed E-state index contributed by atoms with van der Waals surface area (Å²) >= 11 is 5.69. The number of carbonyl (C=O) groups is 1. The molecule has 1 aromatic heterocycles. The minimum Gasteiger partial charge on any atom is -0.496 e. The quantitative estimate of drug-likeness (QED) is 0.799. The van der Waals surface area contributed by atoms with Crippen LogP contribution in [0.2, 0.25) is 5.02 Å². The Kier molecular flexibility index (Phi) is 3.79. The Balaban J connectivity index is 2.19. The van der Waals surface area contributed by atoms with Crippen LogP contribution in [0.15, 0.2) is 42.6 Å². The average molecular weight is 264 g/mol. The third-order valence-electron chi connectivity index (χ3n) is 2.22. The number of halogens is 1. The molecule has 92 valence electrons. The smallest absolute Gasteiger partial charge is 0.348 e. The fourth-order valence-electron chi connectivity index (χ4n) is 1.39. The fourth-order valence-corrected chi connectivity index (χ4v) is 1.50. The third-order valence-corrected chi connectivity index (χ3v) is 2.45. The molecule has 2 aromatic rings. The molecular formula is C13H10ClNO3. The zero-order valence-corrected chi connectivity index (χ0v) is 10.3. The molecule has 0 aliphatic carbocycles. The second-order valence-corrected chi connectivity index (χ2v) is 3.84. The van der Waals surface area contributed by atoms with Gasteiger partial charge in [-0.1, -0.05) is 23.7 Å². The minimum atomic E-state index is -0.526. The molecule has 0 N–H and O–H groups in total. The second-order valence-electron chi connectivity index (χ2n) is 3.40. The monoisotopic (exact) mass is 263 g/mol. The number of aromatic nitrogens is 1. The Morgan fingerprint density at radius 2 is 2.00 bits per heavy atom. The zero-order valence-electron chi connectivity index (χ0n) is 9.59. The van der Waals surface area contributed by atoms with Crippen molar-refractivity contribution in [2.24, 2.45) is 0 Å². The summed E-state index contributed by atoms with van der Waals surface area (Å²) in [6.07, 6.45) is 1.41. The predicted octanol–water partition coefficient (Wildman–Crippen LogP) is 2.96. The molecule has 1 aromatic carbocycles. The average Bonchev–Trinajstić information content (AvgIpc) is 2.41. The third kappa shape index (κ3) is 2.78. The molecule has 0 bridgehead atoms. The van der Waals surface area contributed by atoms with E-state index in [1.54, 1.807) is 30.3 Å². The lowest BCUT2D eigenvalue weighted by molar-refractivity contribution is 0.0724. The van der Waals surface area contributed by atoms with Crippen LogP contribution in [0.3, 0.4) is 0 Å². The van der Waals surface area contributed by atoms with Gasteiger partial charge in [0, 0.05) is 12.3 Å². The number of rotatable bonds is 3. The van der Waals surface area contributed by atoms with Crippen LogP contribution in [0.4, 0.5) is 0 Å². The Morgan fingerprint density at radius 1 is 1.22 bits per heavy atom. The Bertz CT molecular complexity index is 554. The normalized spacial score (nSPS) is 9.89. The minimum absolute atomic E-state index is 0.190. The van der Waals surface area contributed by atoms with Crippen LogP contribution in [-0.4, -0.2) is 18.1 Å². The van der Waals surface area contributed by atoms with Gasteiger partial charge in [0.15, 0.2) is 0 Å². The van der Waals surface area contributed by atoms with Crippen LogP contribution < -0.4 is 9.47 Å². The van der Waals surface area contributed by atoms with Crippen molar-refractivity contribution in [1.29, 1.82) is 0 Å². The highest BCUT2D eigenvalue weighted by molar-refractivity contribution is 6.30. The number of hydrogen-bond donors (Lipinski definition) is 0. The van der Waals surface area contributed by atoms with E-state index in [1.165, 1.54) is 19.4 Å². The molecule has 0 radical (unpaired) electrons. The van der Waals surface area contributed by atoms with Crippen LogP contribution in [-0.2, 0) is 0 Å². The lowest BCUT2D eigenvalue weighted by Gasteiger charge is -2.07. The maximum absolute atomic E-state index is 11.9. The summed E-state index contributed by atoms with van der Waals surface area (Å²) in [5, 5.41) is 0.479. The van der Waals surface area contributed by atoms with Gasteiger partial charge in [-0.25, -0.2) is 9.78 Å². The summed E-state index contributed by atoms with van der Waals surface area (Å²) in [5.41, 5.74) is 0.344. The molecule has 1 heterocycles. The van der Waals surface area contributed by atoms with Crippen molar-refractivity contribution in [3.8, 4) is 11.6 Å². The van der Waals surface area contributed by atoms with Crippen molar-refractivity contribution in [1.82, 2.24) is 4.98 Å². The first kappa shape index (κ1) is 12.4. The molecule has 0 amide bonds.